The number of carboxylic acid groups (broad SMARTS) is 1. The number of aromatic nitrogens is 1. The first kappa shape index (κ1) is 22.0. The number of carbonyl (C=O) groups is 1. The van der Waals surface area contributed by atoms with E-state index in [4.69, 9.17) is 9.47 Å². The molecule has 3 rings (SSSR count). The molecule has 1 unspecified atom stereocenters. The molecule has 1 aromatic heterocycles. The van der Waals surface area contributed by atoms with Crippen LogP contribution in [0.1, 0.15) is 54.7 Å². The zero-order valence-electron chi connectivity index (χ0n) is 18.0. The summed E-state index contributed by atoms with van der Waals surface area (Å²) in [6.07, 6.45) is 2.61. The minimum absolute atomic E-state index is 0.139. The molecule has 1 aliphatic rings. The SMILES string of the molecule is COCCCOc1cc2c(cc1C)-c1c(F)c(=O)c(C(=O)O)cn1C(C(C)(C)C)C2. The molecule has 6 nitrogen and oxygen atoms in total. The normalized spacial score (nSPS) is 15.5. The summed E-state index contributed by atoms with van der Waals surface area (Å²) in [5.41, 5.74) is 0.498. The van der Waals surface area contributed by atoms with Gasteiger partial charge in [-0.25, -0.2) is 9.18 Å². The summed E-state index contributed by atoms with van der Waals surface area (Å²) in [6.45, 7) is 9.01. The number of benzene rings is 1. The van der Waals surface area contributed by atoms with Crippen molar-refractivity contribution in [2.45, 2.75) is 46.6 Å². The van der Waals surface area contributed by atoms with Crippen molar-refractivity contribution in [3.63, 3.8) is 0 Å². The molecule has 0 fully saturated rings. The summed E-state index contributed by atoms with van der Waals surface area (Å²) in [4.78, 5) is 23.9. The van der Waals surface area contributed by atoms with Crippen LogP contribution in [0.2, 0.25) is 0 Å². The lowest BCUT2D eigenvalue weighted by Crippen LogP contribution is -2.34. The number of carboxylic acids is 1. The Kier molecular flexibility index (Phi) is 6.04. The van der Waals surface area contributed by atoms with Gasteiger partial charge >= 0.3 is 5.97 Å². The molecule has 0 bridgehead atoms. The van der Waals surface area contributed by atoms with E-state index in [-0.39, 0.29) is 17.2 Å². The van der Waals surface area contributed by atoms with E-state index in [1.54, 1.807) is 11.7 Å². The summed E-state index contributed by atoms with van der Waals surface area (Å²) in [5.74, 6) is -1.74. The molecule has 1 atom stereocenters. The molecule has 0 aliphatic carbocycles. The lowest BCUT2D eigenvalue weighted by molar-refractivity contribution is 0.0692. The summed E-state index contributed by atoms with van der Waals surface area (Å²) in [6, 6.07) is 3.50. The molecular formula is C23H28FNO5. The van der Waals surface area contributed by atoms with Gasteiger partial charge in [0.2, 0.25) is 5.43 Å². The molecule has 0 saturated carbocycles. The lowest BCUT2D eigenvalue weighted by Gasteiger charge is -2.39. The van der Waals surface area contributed by atoms with Gasteiger partial charge < -0.3 is 19.1 Å². The van der Waals surface area contributed by atoms with Crippen molar-refractivity contribution in [2.75, 3.05) is 20.3 Å². The standard InChI is InChI=1S/C23H28FNO5/c1-13-9-15-14(10-17(13)30-8-6-7-29-5)11-18(23(2,3)4)25-12-16(22(27)28)21(26)19(24)20(15)25/h9-10,12,18H,6-8,11H2,1-5H3,(H,27,28). The van der Waals surface area contributed by atoms with E-state index in [9.17, 15) is 14.7 Å². The number of methoxy groups -OCH3 is 1. The van der Waals surface area contributed by atoms with Gasteiger partial charge in [0.15, 0.2) is 5.82 Å². The summed E-state index contributed by atoms with van der Waals surface area (Å²) in [7, 11) is 1.64. The van der Waals surface area contributed by atoms with Crippen LogP contribution in [0.3, 0.4) is 0 Å². The minimum Gasteiger partial charge on any atom is -0.493 e. The Morgan fingerprint density at radius 3 is 2.60 bits per heavy atom. The monoisotopic (exact) mass is 417 g/mol. The maximum absolute atomic E-state index is 15.2. The van der Waals surface area contributed by atoms with E-state index in [0.717, 1.165) is 23.3 Å². The van der Waals surface area contributed by atoms with Gasteiger partial charge in [0.1, 0.15) is 11.3 Å². The predicted molar refractivity (Wildman–Crippen MR) is 112 cm³/mol. The molecule has 0 spiro atoms. The largest absolute Gasteiger partial charge is 0.493 e. The van der Waals surface area contributed by atoms with Crippen LogP contribution in [-0.2, 0) is 11.2 Å². The first-order valence-electron chi connectivity index (χ1n) is 9.99. The van der Waals surface area contributed by atoms with Crippen LogP contribution in [-0.4, -0.2) is 36.0 Å². The van der Waals surface area contributed by atoms with Crippen molar-refractivity contribution in [3.05, 3.63) is 51.1 Å². The number of aryl methyl sites for hydroxylation is 1. The van der Waals surface area contributed by atoms with E-state index in [1.807, 2.05) is 39.8 Å². The quantitative estimate of drug-likeness (QED) is 0.712. The first-order valence-corrected chi connectivity index (χ1v) is 9.99. The fourth-order valence-corrected chi connectivity index (χ4v) is 3.95. The van der Waals surface area contributed by atoms with Crippen molar-refractivity contribution in [2.24, 2.45) is 5.41 Å². The van der Waals surface area contributed by atoms with Crippen molar-refractivity contribution in [3.8, 4) is 17.0 Å². The van der Waals surface area contributed by atoms with Crippen molar-refractivity contribution >= 4 is 5.97 Å². The van der Waals surface area contributed by atoms with Crippen LogP contribution in [0.25, 0.3) is 11.3 Å². The first-order chi connectivity index (χ1) is 14.1. The second-order valence-electron chi connectivity index (χ2n) is 8.80. The van der Waals surface area contributed by atoms with Crippen LogP contribution in [0.15, 0.2) is 23.1 Å². The van der Waals surface area contributed by atoms with E-state index in [0.29, 0.717) is 25.2 Å². The lowest BCUT2D eigenvalue weighted by atomic mass is 9.78. The van der Waals surface area contributed by atoms with Gasteiger partial charge in [-0.15, -0.1) is 0 Å². The number of pyridine rings is 1. The molecule has 2 heterocycles. The summed E-state index contributed by atoms with van der Waals surface area (Å²) >= 11 is 0. The van der Waals surface area contributed by atoms with Crippen molar-refractivity contribution in [1.82, 2.24) is 4.57 Å². The Hall–Kier alpha value is -2.67. The number of ether oxygens (including phenoxy) is 2. The van der Waals surface area contributed by atoms with E-state index < -0.39 is 22.8 Å². The molecule has 1 aliphatic heterocycles. The molecule has 0 radical (unpaired) electrons. The number of aromatic carboxylic acids is 1. The second-order valence-corrected chi connectivity index (χ2v) is 8.80. The van der Waals surface area contributed by atoms with Crippen LogP contribution < -0.4 is 10.2 Å². The molecular weight excluding hydrogens is 389 g/mol. The van der Waals surface area contributed by atoms with Gasteiger partial charge in [-0.05, 0) is 42.0 Å². The van der Waals surface area contributed by atoms with Gasteiger partial charge in [0.05, 0.1) is 12.3 Å². The highest BCUT2D eigenvalue weighted by atomic mass is 19.1. The maximum atomic E-state index is 15.2. The molecule has 7 heteroatoms. The van der Waals surface area contributed by atoms with Gasteiger partial charge in [-0.2, -0.15) is 0 Å². The molecule has 0 saturated heterocycles. The molecule has 1 aromatic carbocycles. The van der Waals surface area contributed by atoms with E-state index in [1.165, 1.54) is 6.20 Å². The average molecular weight is 417 g/mol. The average Bonchev–Trinajstić information content (AvgIpc) is 2.66. The minimum atomic E-state index is -1.43. The fourth-order valence-electron chi connectivity index (χ4n) is 3.95. The Bertz CT molecular complexity index is 1040. The third kappa shape index (κ3) is 3.99. The van der Waals surface area contributed by atoms with Gasteiger partial charge in [-0.1, -0.05) is 20.8 Å². The smallest absolute Gasteiger partial charge is 0.341 e. The number of nitrogens with zero attached hydrogens (tertiary/aromatic N) is 1. The third-order valence-electron chi connectivity index (χ3n) is 5.56. The van der Waals surface area contributed by atoms with Crippen molar-refractivity contribution in [1.29, 1.82) is 0 Å². The van der Waals surface area contributed by atoms with Crippen LogP contribution >= 0.6 is 0 Å². The molecule has 30 heavy (non-hydrogen) atoms. The summed E-state index contributed by atoms with van der Waals surface area (Å²) < 4.78 is 27.8. The number of hydrogen-bond donors (Lipinski definition) is 1. The Morgan fingerprint density at radius 2 is 2.00 bits per heavy atom. The molecule has 0 amide bonds. The van der Waals surface area contributed by atoms with Gasteiger partial charge in [-0.3, -0.25) is 4.79 Å². The topological polar surface area (TPSA) is 77.8 Å². The van der Waals surface area contributed by atoms with Crippen LogP contribution in [0, 0.1) is 18.2 Å². The number of halogens is 1. The van der Waals surface area contributed by atoms with E-state index in [2.05, 4.69) is 0 Å². The Morgan fingerprint density at radius 1 is 1.30 bits per heavy atom. The number of hydrogen-bond acceptors (Lipinski definition) is 4. The van der Waals surface area contributed by atoms with Gasteiger partial charge in [0.25, 0.3) is 0 Å². The second kappa shape index (κ2) is 8.22. The fraction of sp³-hybridized carbons (Fsp3) is 0.478. The van der Waals surface area contributed by atoms with Crippen molar-refractivity contribution < 1.29 is 23.8 Å². The zero-order valence-corrected chi connectivity index (χ0v) is 18.0. The highest BCUT2D eigenvalue weighted by Crippen LogP contribution is 2.44. The number of rotatable bonds is 6. The molecule has 2 aromatic rings. The Balaban J connectivity index is 2.18. The molecule has 162 valence electrons. The number of fused-ring (bicyclic) bond motifs is 3. The zero-order chi connectivity index (χ0) is 22.2. The van der Waals surface area contributed by atoms with Gasteiger partial charge in [0, 0.05) is 37.9 Å². The highest BCUT2D eigenvalue weighted by molar-refractivity contribution is 5.88. The highest BCUT2D eigenvalue weighted by Gasteiger charge is 2.36. The van der Waals surface area contributed by atoms with E-state index >= 15 is 4.39 Å². The molecule has 1 N–H and O–H groups in total. The maximum Gasteiger partial charge on any atom is 0.341 e. The third-order valence-corrected chi connectivity index (χ3v) is 5.56. The van der Waals surface area contributed by atoms with Crippen LogP contribution in [0.5, 0.6) is 5.75 Å². The Labute approximate surface area is 175 Å². The van der Waals surface area contributed by atoms with Crippen LogP contribution in [0.4, 0.5) is 4.39 Å². The predicted octanol–water partition coefficient (Wildman–Crippen LogP) is 4.22. The summed E-state index contributed by atoms with van der Waals surface area (Å²) in [5, 5.41) is 9.37.